The van der Waals surface area contributed by atoms with Crippen LogP contribution < -0.4 is 4.31 Å². The van der Waals surface area contributed by atoms with Gasteiger partial charge in [-0.2, -0.15) is 0 Å². The van der Waals surface area contributed by atoms with Crippen molar-refractivity contribution in [1.29, 1.82) is 0 Å². The summed E-state index contributed by atoms with van der Waals surface area (Å²) in [4.78, 5) is 14.5. The van der Waals surface area contributed by atoms with Gasteiger partial charge < -0.3 is 9.64 Å². The molecule has 1 unspecified atom stereocenters. The summed E-state index contributed by atoms with van der Waals surface area (Å²) in [5.41, 5.74) is 1.37. The van der Waals surface area contributed by atoms with E-state index in [4.69, 9.17) is 4.74 Å². The molecule has 2 fully saturated rings. The number of likely N-dealkylation sites (tertiary alicyclic amines) is 1. The van der Waals surface area contributed by atoms with E-state index in [0.717, 1.165) is 36.1 Å². The topological polar surface area (TPSA) is 66.9 Å². The van der Waals surface area contributed by atoms with Crippen molar-refractivity contribution in [3.8, 4) is 0 Å². The van der Waals surface area contributed by atoms with Crippen LogP contribution in [0.5, 0.6) is 0 Å². The molecule has 1 saturated heterocycles. The highest BCUT2D eigenvalue weighted by Gasteiger charge is 2.60. The van der Waals surface area contributed by atoms with E-state index < -0.39 is 39.2 Å². The maximum atomic E-state index is 14.9. The third-order valence-corrected chi connectivity index (χ3v) is 10.6. The highest BCUT2D eigenvalue weighted by molar-refractivity contribution is 9.10. The van der Waals surface area contributed by atoms with Crippen molar-refractivity contribution in [2.45, 2.75) is 48.6 Å². The van der Waals surface area contributed by atoms with Crippen LogP contribution in [0, 0.1) is 17.6 Å². The predicted octanol–water partition coefficient (Wildman–Crippen LogP) is 6.39. The number of anilines is 1. The van der Waals surface area contributed by atoms with E-state index in [1.165, 1.54) is 22.5 Å². The van der Waals surface area contributed by atoms with E-state index in [9.17, 15) is 22.0 Å². The van der Waals surface area contributed by atoms with Crippen LogP contribution in [0.3, 0.4) is 0 Å². The van der Waals surface area contributed by atoms with Gasteiger partial charge in [0.15, 0.2) is 0 Å². The second-order valence-corrected chi connectivity index (χ2v) is 13.2. The number of benzene rings is 3. The Kier molecular flexibility index (Phi) is 6.66. The number of rotatable bonds is 5. The molecule has 1 amide bonds. The second kappa shape index (κ2) is 9.89. The summed E-state index contributed by atoms with van der Waals surface area (Å²) >= 11 is 3.30. The number of piperidine rings is 1. The van der Waals surface area contributed by atoms with Crippen molar-refractivity contribution in [2.24, 2.45) is 5.92 Å². The molecule has 2 aliphatic heterocycles. The fourth-order valence-electron chi connectivity index (χ4n) is 6.17. The Hall–Kier alpha value is -2.98. The molecule has 3 aromatic carbocycles. The smallest absolute Gasteiger partial charge is 0.410 e. The van der Waals surface area contributed by atoms with E-state index in [-0.39, 0.29) is 21.9 Å². The Morgan fingerprint density at radius 3 is 2.31 bits per heavy atom. The number of sulfonamides is 1. The molecule has 6 rings (SSSR count). The van der Waals surface area contributed by atoms with Gasteiger partial charge in [-0.3, -0.25) is 4.31 Å². The highest BCUT2D eigenvalue weighted by Crippen LogP contribution is 2.59. The van der Waals surface area contributed by atoms with Crippen molar-refractivity contribution in [1.82, 2.24) is 4.90 Å². The summed E-state index contributed by atoms with van der Waals surface area (Å²) in [6.45, 7) is 0.941. The minimum atomic E-state index is -4.12. The van der Waals surface area contributed by atoms with Crippen LogP contribution in [0.4, 0.5) is 19.3 Å². The van der Waals surface area contributed by atoms with Gasteiger partial charge in [-0.05, 0) is 95.1 Å². The predicted molar refractivity (Wildman–Crippen MR) is 146 cm³/mol. The molecular weight excluding hydrogens is 590 g/mol. The summed E-state index contributed by atoms with van der Waals surface area (Å²) < 4.78 is 63.8. The Morgan fingerprint density at radius 2 is 1.67 bits per heavy atom. The summed E-state index contributed by atoms with van der Waals surface area (Å²) in [5.74, 6) is -0.986. The van der Waals surface area contributed by atoms with Gasteiger partial charge in [-0.25, -0.2) is 22.0 Å². The Morgan fingerprint density at radius 1 is 1.00 bits per heavy atom. The molecule has 204 valence electrons. The van der Waals surface area contributed by atoms with E-state index in [2.05, 4.69) is 15.9 Å². The molecule has 0 radical (unpaired) electrons. The fraction of sp³-hybridized carbons (Fsp3) is 0.345. The zero-order chi connectivity index (χ0) is 27.4. The molecule has 1 saturated carbocycles. The molecule has 39 heavy (non-hydrogen) atoms. The Bertz CT molecular complexity index is 1510. The first kappa shape index (κ1) is 26.3. The highest BCUT2D eigenvalue weighted by atomic mass is 79.9. The van der Waals surface area contributed by atoms with Gasteiger partial charge in [-0.1, -0.05) is 30.3 Å². The third-order valence-electron chi connectivity index (χ3n) is 8.19. The molecule has 3 aliphatic rings. The zero-order valence-electron chi connectivity index (χ0n) is 21.0. The van der Waals surface area contributed by atoms with Crippen molar-refractivity contribution in [3.63, 3.8) is 0 Å². The van der Waals surface area contributed by atoms with E-state index in [1.54, 1.807) is 11.0 Å². The molecule has 1 atom stereocenters. The number of halogens is 3. The second-order valence-electron chi connectivity index (χ2n) is 10.5. The maximum Gasteiger partial charge on any atom is 0.410 e. The molecule has 3 aromatic rings. The largest absolute Gasteiger partial charge is 0.445 e. The summed E-state index contributed by atoms with van der Waals surface area (Å²) in [6.07, 6.45) is 2.33. The lowest BCUT2D eigenvalue weighted by Gasteiger charge is -2.44. The molecule has 0 aromatic heterocycles. The summed E-state index contributed by atoms with van der Waals surface area (Å²) in [7, 11) is -4.12. The number of hydrogen-bond acceptors (Lipinski definition) is 4. The van der Waals surface area contributed by atoms with E-state index >= 15 is 0 Å². The van der Waals surface area contributed by atoms with Crippen LogP contribution in [0.2, 0.25) is 0 Å². The molecule has 10 heteroatoms. The molecular formula is C29H27BrF2N2O4S. The van der Waals surface area contributed by atoms with Crippen molar-refractivity contribution >= 4 is 37.7 Å². The van der Waals surface area contributed by atoms with Crippen molar-refractivity contribution in [2.75, 3.05) is 17.4 Å². The summed E-state index contributed by atoms with van der Waals surface area (Å²) in [5, 5.41) is 0. The van der Waals surface area contributed by atoms with Crippen LogP contribution in [0.1, 0.15) is 36.8 Å². The van der Waals surface area contributed by atoms with E-state index in [0.29, 0.717) is 31.6 Å². The lowest BCUT2D eigenvalue weighted by atomic mass is 9.68. The lowest BCUT2D eigenvalue weighted by Crippen LogP contribution is -2.54. The van der Waals surface area contributed by atoms with Crippen LogP contribution >= 0.6 is 15.9 Å². The monoisotopic (exact) mass is 616 g/mol. The minimum absolute atomic E-state index is 0.0391. The van der Waals surface area contributed by atoms with Gasteiger partial charge in [0, 0.05) is 18.5 Å². The first-order chi connectivity index (χ1) is 18.7. The number of carbonyl (C=O) groups is 1. The molecule has 0 N–H and O–H groups in total. The van der Waals surface area contributed by atoms with Crippen molar-refractivity contribution < 1.29 is 26.7 Å². The number of nitrogens with zero attached hydrogens (tertiary/aromatic N) is 2. The quantitative estimate of drug-likeness (QED) is 0.333. The molecule has 0 bridgehead atoms. The van der Waals surface area contributed by atoms with Gasteiger partial charge in [0.2, 0.25) is 0 Å². The molecule has 1 spiro atoms. The van der Waals surface area contributed by atoms with Gasteiger partial charge in [-0.15, -0.1) is 0 Å². The average Bonchev–Trinajstić information content (AvgIpc) is 3.74. The van der Waals surface area contributed by atoms with Gasteiger partial charge in [0.1, 0.15) is 18.2 Å². The van der Waals surface area contributed by atoms with Gasteiger partial charge in [0.05, 0.1) is 21.1 Å². The average molecular weight is 618 g/mol. The Labute approximate surface area is 234 Å². The van der Waals surface area contributed by atoms with E-state index in [1.807, 2.05) is 30.3 Å². The SMILES string of the molecule is O=C(OCc1ccccc1)N1CCC2(CC1)c1cc(Br)c(F)cc1N(S(=O)(=O)c1ccc(F)cc1)C2C1CC1. The number of amides is 1. The summed E-state index contributed by atoms with van der Waals surface area (Å²) in [6, 6.07) is 16.7. The Balaban J connectivity index is 1.33. The number of carbonyl (C=O) groups excluding carboxylic acids is 1. The lowest BCUT2D eigenvalue weighted by molar-refractivity contribution is 0.0737. The van der Waals surface area contributed by atoms with Crippen LogP contribution in [0.25, 0.3) is 0 Å². The van der Waals surface area contributed by atoms with Crippen LogP contribution in [-0.2, 0) is 26.8 Å². The van der Waals surface area contributed by atoms with Crippen LogP contribution in [-0.4, -0.2) is 38.5 Å². The zero-order valence-corrected chi connectivity index (χ0v) is 23.4. The number of fused-ring (bicyclic) bond motifs is 2. The van der Waals surface area contributed by atoms with Crippen molar-refractivity contribution in [3.05, 3.63) is 94.0 Å². The van der Waals surface area contributed by atoms with Gasteiger partial charge in [0.25, 0.3) is 10.0 Å². The van der Waals surface area contributed by atoms with Crippen LogP contribution in [0.15, 0.2) is 76.1 Å². The van der Waals surface area contributed by atoms with Gasteiger partial charge >= 0.3 is 6.09 Å². The molecule has 2 heterocycles. The standard InChI is InChI=1S/C29H27BrF2N2O4S/c30-24-16-23-26(17-25(24)32)34(39(36,37)22-10-8-21(31)9-11-22)27(20-6-7-20)29(23)12-14-33(15-13-29)28(35)38-18-19-4-2-1-3-5-19/h1-5,8-11,16-17,20,27H,6-7,12-15,18H2. The fourth-order valence-corrected chi connectivity index (χ4v) is 8.30. The maximum absolute atomic E-state index is 14.9. The normalized spacial score (nSPS) is 20.2. The first-order valence-corrected chi connectivity index (χ1v) is 15.2. The minimum Gasteiger partial charge on any atom is -0.445 e. The number of ether oxygens (including phenoxy) is 1. The third kappa shape index (κ3) is 4.61. The number of hydrogen-bond donors (Lipinski definition) is 0. The first-order valence-electron chi connectivity index (χ1n) is 13.0. The molecule has 1 aliphatic carbocycles. The molecule has 6 nitrogen and oxygen atoms in total.